The zero-order chi connectivity index (χ0) is 10.7. The number of halogens is 3. The average Bonchev–Trinajstić information content (AvgIpc) is 2.17. The maximum Gasteiger partial charge on any atom is 0.264 e. The second kappa shape index (κ2) is 4.65. The maximum absolute atomic E-state index is 12.6. The van der Waals surface area contributed by atoms with E-state index in [-0.39, 0.29) is 22.0 Å². The maximum atomic E-state index is 12.6. The van der Waals surface area contributed by atoms with Crippen LogP contribution >= 0.6 is 15.9 Å². The molecule has 2 N–H and O–H groups in total. The Labute approximate surface area is 86.9 Å². The van der Waals surface area contributed by atoms with Gasteiger partial charge in [-0.15, -0.1) is 0 Å². The van der Waals surface area contributed by atoms with Crippen LogP contribution < -0.4 is 5.56 Å². The Morgan fingerprint density at radius 1 is 1.57 bits per heavy atom. The number of nitrogens with one attached hydrogen (secondary N) is 1. The van der Waals surface area contributed by atoms with Gasteiger partial charge in [-0.2, -0.15) is 0 Å². The molecule has 3 nitrogen and oxygen atoms in total. The molecule has 0 aliphatic rings. The molecule has 0 saturated heterocycles. The fourth-order valence-electron chi connectivity index (χ4n) is 1.17. The minimum Gasteiger partial charge on any atom is -0.391 e. The van der Waals surface area contributed by atoms with Gasteiger partial charge in [0.05, 0.1) is 12.2 Å². The third kappa shape index (κ3) is 2.01. The number of hydrogen-bond donors (Lipinski definition) is 2. The SMILES string of the molecule is O=c1[nH]cc(CBr)c(C(F)F)c1CO. The van der Waals surface area contributed by atoms with Crippen molar-refractivity contribution in [2.24, 2.45) is 0 Å². The normalized spacial score (nSPS) is 10.9. The molecule has 0 bridgehead atoms. The first kappa shape index (κ1) is 11.3. The molecule has 0 radical (unpaired) electrons. The highest BCUT2D eigenvalue weighted by Crippen LogP contribution is 2.25. The summed E-state index contributed by atoms with van der Waals surface area (Å²) in [6.45, 7) is -0.685. The van der Waals surface area contributed by atoms with E-state index < -0.39 is 18.6 Å². The van der Waals surface area contributed by atoms with Gasteiger partial charge in [0.15, 0.2) is 0 Å². The second-order valence-corrected chi connectivity index (χ2v) is 3.19. The summed E-state index contributed by atoms with van der Waals surface area (Å²) in [5, 5.41) is 9.00. The minimum absolute atomic E-state index is 0.205. The number of aliphatic hydroxyl groups is 1. The van der Waals surface area contributed by atoms with E-state index >= 15 is 0 Å². The Morgan fingerprint density at radius 3 is 2.64 bits per heavy atom. The molecule has 0 amide bonds. The quantitative estimate of drug-likeness (QED) is 0.820. The molecular formula is C8H8BrF2NO2. The monoisotopic (exact) mass is 267 g/mol. The zero-order valence-electron chi connectivity index (χ0n) is 7.06. The lowest BCUT2D eigenvalue weighted by molar-refractivity contribution is 0.145. The zero-order valence-corrected chi connectivity index (χ0v) is 8.64. The van der Waals surface area contributed by atoms with Crippen molar-refractivity contribution < 1.29 is 13.9 Å². The van der Waals surface area contributed by atoms with Gasteiger partial charge in [0.1, 0.15) is 0 Å². The highest BCUT2D eigenvalue weighted by Gasteiger charge is 2.19. The van der Waals surface area contributed by atoms with Crippen molar-refractivity contribution in [1.29, 1.82) is 0 Å². The van der Waals surface area contributed by atoms with Gasteiger partial charge in [-0.1, -0.05) is 15.9 Å². The van der Waals surface area contributed by atoms with Gasteiger partial charge >= 0.3 is 0 Å². The van der Waals surface area contributed by atoms with Crippen molar-refractivity contribution in [3.05, 3.63) is 33.2 Å². The van der Waals surface area contributed by atoms with Crippen molar-refractivity contribution in [3.8, 4) is 0 Å². The molecule has 6 heteroatoms. The van der Waals surface area contributed by atoms with Gasteiger partial charge in [-0.3, -0.25) is 4.79 Å². The second-order valence-electron chi connectivity index (χ2n) is 2.63. The lowest BCUT2D eigenvalue weighted by Crippen LogP contribution is -2.17. The van der Waals surface area contributed by atoms with Crippen LogP contribution in [-0.2, 0) is 11.9 Å². The predicted molar refractivity (Wildman–Crippen MR) is 50.6 cm³/mol. The Hall–Kier alpha value is -0.750. The first-order valence-electron chi connectivity index (χ1n) is 3.80. The van der Waals surface area contributed by atoms with Crippen molar-refractivity contribution in [1.82, 2.24) is 4.98 Å². The van der Waals surface area contributed by atoms with Crippen molar-refractivity contribution in [2.45, 2.75) is 18.4 Å². The third-order valence-corrected chi connectivity index (χ3v) is 2.45. The number of aromatic amines is 1. The molecule has 0 fully saturated rings. The van der Waals surface area contributed by atoms with E-state index in [1.807, 2.05) is 0 Å². The predicted octanol–water partition coefficient (Wildman–Crippen LogP) is 1.70. The summed E-state index contributed by atoms with van der Waals surface area (Å²) in [4.78, 5) is 13.4. The minimum atomic E-state index is -2.76. The number of H-pyrrole nitrogens is 1. The molecule has 0 aliphatic carbocycles. The van der Waals surface area contributed by atoms with E-state index in [0.29, 0.717) is 0 Å². The molecule has 0 atom stereocenters. The number of hydrogen-bond acceptors (Lipinski definition) is 2. The largest absolute Gasteiger partial charge is 0.391 e. The Balaban J connectivity index is 3.44. The van der Waals surface area contributed by atoms with Crippen molar-refractivity contribution in [3.63, 3.8) is 0 Å². The number of aliphatic hydroxyl groups excluding tert-OH is 1. The summed E-state index contributed by atoms with van der Waals surface area (Å²) < 4.78 is 25.1. The van der Waals surface area contributed by atoms with Gasteiger partial charge in [-0.05, 0) is 5.56 Å². The highest BCUT2D eigenvalue weighted by atomic mass is 79.9. The first-order valence-corrected chi connectivity index (χ1v) is 4.92. The third-order valence-electron chi connectivity index (χ3n) is 1.84. The highest BCUT2D eigenvalue weighted by molar-refractivity contribution is 9.08. The molecule has 0 saturated carbocycles. The molecule has 1 aromatic heterocycles. The molecule has 1 aromatic rings. The van der Waals surface area contributed by atoms with Gasteiger partial charge in [0, 0.05) is 17.1 Å². The molecule has 1 rings (SSSR count). The molecule has 0 spiro atoms. The molecule has 14 heavy (non-hydrogen) atoms. The number of pyridine rings is 1. The summed E-state index contributed by atoms with van der Waals surface area (Å²) >= 11 is 3.03. The summed E-state index contributed by atoms with van der Waals surface area (Å²) in [5.74, 6) is 0. The number of alkyl halides is 3. The molecular weight excluding hydrogens is 260 g/mol. The van der Waals surface area contributed by atoms with E-state index in [4.69, 9.17) is 5.11 Å². The van der Waals surface area contributed by atoms with Crippen LogP contribution in [0.5, 0.6) is 0 Å². The van der Waals surface area contributed by atoms with Crippen LogP contribution in [0.4, 0.5) is 8.78 Å². The average molecular weight is 268 g/mol. The summed E-state index contributed by atoms with van der Waals surface area (Å²) in [7, 11) is 0. The Kier molecular flexibility index (Phi) is 3.77. The van der Waals surface area contributed by atoms with E-state index in [1.54, 1.807) is 0 Å². The van der Waals surface area contributed by atoms with Crippen LogP contribution in [0.3, 0.4) is 0 Å². The van der Waals surface area contributed by atoms with Crippen LogP contribution in [0, 0.1) is 0 Å². The topological polar surface area (TPSA) is 53.1 Å². The Morgan fingerprint density at radius 2 is 2.21 bits per heavy atom. The van der Waals surface area contributed by atoms with Gasteiger partial charge in [0.25, 0.3) is 12.0 Å². The summed E-state index contributed by atoms with van der Waals surface area (Å²) in [5.41, 5.74) is -1.04. The molecule has 0 aliphatic heterocycles. The van der Waals surface area contributed by atoms with Crippen molar-refractivity contribution in [2.75, 3.05) is 0 Å². The fraction of sp³-hybridized carbons (Fsp3) is 0.375. The van der Waals surface area contributed by atoms with Crippen LogP contribution in [0.1, 0.15) is 23.1 Å². The smallest absolute Gasteiger partial charge is 0.264 e. The lowest BCUT2D eigenvalue weighted by atomic mass is 10.1. The number of rotatable bonds is 3. The van der Waals surface area contributed by atoms with E-state index in [2.05, 4.69) is 20.9 Å². The lowest BCUT2D eigenvalue weighted by Gasteiger charge is -2.09. The molecule has 1 heterocycles. The molecule has 78 valence electrons. The van der Waals surface area contributed by atoms with E-state index in [0.717, 1.165) is 0 Å². The van der Waals surface area contributed by atoms with E-state index in [9.17, 15) is 13.6 Å². The van der Waals surface area contributed by atoms with Crippen LogP contribution in [0.25, 0.3) is 0 Å². The van der Waals surface area contributed by atoms with Gasteiger partial charge in [-0.25, -0.2) is 8.78 Å². The fourth-order valence-corrected chi connectivity index (χ4v) is 1.64. The van der Waals surface area contributed by atoms with Crippen molar-refractivity contribution >= 4 is 15.9 Å². The van der Waals surface area contributed by atoms with Gasteiger partial charge in [0.2, 0.25) is 0 Å². The number of aromatic nitrogens is 1. The first-order chi connectivity index (χ1) is 6.61. The van der Waals surface area contributed by atoms with Crippen LogP contribution in [0.2, 0.25) is 0 Å². The van der Waals surface area contributed by atoms with E-state index in [1.165, 1.54) is 6.20 Å². The Bertz CT molecular complexity index is 378. The van der Waals surface area contributed by atoms with Crippen LogP contribution in [-0.4, -0.2) is 10.1 Å². The van der Waals surface area contributed by atoms with Crippen LogP contribution in [0.15, 0.2) is 11.0 Å². The molecule has 0 aromatic carbocycles. The summed E-state index contributed by atoms with van der Waals surface area (Å²) in [6, 6.07) is 0. The standard InChI is InChI=1S/C8H8BrF2NO2/c9-1-4-2-12-8(14)5(3-13)6(4)7(10)11/h2,7,13H,1,3H2,(H,12,14). The molecule has 0 unspecified atom stereocenters. The summed E-state index contributed by atoms with van der Waals surface area (Å²) in [6.07, 6.45) is -1.54. The van der Waals surface area contributed by atoms with Gasteiger partial charge < -0.3 is 10.1 Å².